The van der Waals surface area contributed by atoms with Crippen molar-refractivity contribution in [1.82, 2.24) is 0 Å². The van der Waals surface area contributed by atoms with Crippen LogP contribution in [0.5, 0.6) is 0 Å². The third-order valence-corrected chi connectivity index (χ3v) is 3.45. The molecule has 0 aliphatic carbocycles. The first-order chi connectivity index (χ1) is 10.7. The molecule has 0 saturated carbocycles. The summed E-state index contributed by atoms with van der Waals surface area (Å²) in [7, 11) is 0. The lowest BCUT2D eigenvalue weighted by molar-refractivity contribution is 0.0684. The Hall–Kier alpha value is -3.42. The summed E-state index contributed by atoms with van der Waals surface area (Å²) < 4.78 is 0. The minimum atomic E-state index is -1.39. The van der Waals surface area contributed by atoms with Crippen molar-refractivity contribution in [3.63, 3.8) is 0 Å². The van der Waals surface area contributed by atoms with Crippen LogP contribution in [0.2, 0.25) is 0 Å². The smallest absolute Gasteiger partial charge is 0.336 e. The van der Waals surface area contributed by atoms with Crippen molar-refractivity contribution < 1.29 is 29.4 Å². The lowest BCUT2D eigenvalue weighted by atomic mass is 9.88. The van der Waals surface area contributed by atoms with Gasteiger partial charge < -0.3 is 21.7 Å². The van der Waals surface area contributed by atoms with E-state index in [9.17, 15) is 29.4 Å². The summed E-state index contributed by atoms with van der Waals surface area (Å²) in [5.41, 5.74) is 9.77. The summed E-state index contributed by atoms with van der Waals surface area (Å²) >= 11 is 0. The highest BCUT2D eigenvalue weighted by Gasteiger charge is 2.25. The van der Waals surface area contributed by atoms with E-state index in [1.54, 1.807) is 0 Å². The largest absolute Gasteiger partial charge is 0.478 e. The van der Waals surface area contributed by atoms with E-state index in [0.29, 0.717) is 0 Å². The number of fused-ring (bicyclic) bond motifs is 1. The number of benzene rings is 2. The predicted molar refractivity (Wildman–Crippen MR) is 79.6 cm³/mol. The molecule has 8 heteroatoms. The molecule has 0 saturated heterocycles. The molecule has 2 aromatic rings. The van der Waals surface area contributed by atoms with Crippen LogP contribution < -0.4 is 11.5 Å². The summed E-state index contributed by atoms with van der Waals surface area (Å²) in [5.74, 6) is -4.67. The van der Waals surface area contributed by atoms with Crippen molar-refractivity contribution in [1.29, 1.82) is 0 Å². The summed E-state index contributed by atoms with van der Waals surface area (Å²) in [4.78, 5) is 46.3. The monoisotopic (exact) mass is 316 g/mol. The quantitative estimate of drug-likeness (QED) is 0.650. The van der Waals surface area contributed by atoms with Crippen LogP contribution >= 0.6 is 0 Å². The standard InChI is InChI=1S/C15H12N2O6/c1-5-4-8(12(16)18)10-6(14(20)21)2-3-7(15(22)23)11(10)9(5)13(17)19/h2-4H,1H3,(H2,16,18)(H2,17,19)(H,20,21)(H,22,23). The van der Waals surface area contributed by atoms with E-state index < -0.39 is 23.8 Å². The van der Waals surface area contributed by atoms with E-state index >= 15 is 0 Å². The first kappa shape index (κ1) is 16.0. The molecule has 0 atom stereocenters. The fourth-order valence-corrected chi connectivity index (χ4v) is 2.57. The number of hydrogen-bond donors (Lipinski definition) is 4. The van der Waals surface area contributed by atoms with Gasteiger partial charge in [0.15, 0.2) is 0 Å². The molecule has 0 aromatic heterocycles. The van der Waals surface area contributed by atoms with Gasteiger partial charge in [-0.3, -0.25) is 9.59 Å². The second kappa shape index (κ2) is 5.41. The zero-order valence-electron chi connectivity index (χ0n) is 11.9. The summed E-state index contributed by atoms with van der Waals surface area (Å²) in [6, 6.07) is 3.31. The van der Waals surface area contributed by atoms with Gasteiger partial charge in [0.2, 0.25) is 11.8 Å². The minimum absolute atomic E-state index is 0.162. The molecule has 0 aliphatic heterocycles. The SMILES string of the molecule is Cc1cc(C(N)=O)c2c(C(=O)O)ccc(C(=O)O)c2c1C(N)=O. The lowest BCUT2D eigenvalue weighted by Gasteiger charge is -2.15. The van der Waals surface area contributed by atoms with E-state index in [0.717, 1.165) is 12.1 Å². The Kier molecular flexibility index (Phi) is 3.75. The Bertz CT molecular complexity index is 901. The normalized spacial score (nSPS) is 10.5. The highest BCUT2D eigenvalue weighted by molar-refractivity contribution is 6.23. The molecule has 0 unspecified atom stereocenters. The van der Waals surface area contributed by atoms with Gasteiger partial charge in [-0.15, -0.1) is 0 Å². The second-order valence-electron chi connectivity index (χ2n) is 4.87. The highest BCUT2D eigenvalue weighted by atomic mass is 16.4. The zero-order chi connectivity index (χ0) is 17.5. The Morgan fingerprint density at radius 3 is 1.70 bits per heavy atom. The third-order valence-electron chi connectivity index (χ3n) is 3.45. The van der Waals surface area contributed by atoms with E-state index in [1.165, 1.54) is 13.0 Å². The van der Waals surface area contributed by atoms with E-state index in [2.05, 4.69) is 0 Å². The number of nitrogens with two attached hydrogens (primary N) is 2. The minimum Gasteiger partial charge on any atom is -0.478 e. The molecule has 6 N–H and O–H groups in total. The maximum absolute atomic E-state index is 11.7. The first-order valence-electron chi connectivity index (χ1n) is 6.33. The van der Waals surface area contributed by atoms with E-state index in [-0.39, 0.29) is 38.6 Å². The zero-order valence-corrected chi connectivity index (χ0v) is 11.9. The topological polar surface area (TPSA) is 161 Å². The van der Waals surface area contributed by atoms with Crippen LogP contribution in [0, 0.1) is 6.92 Å². The van der Waals surface area contributed by atoms with Crippen molar-refractivity contribution in [2.75, 3.05) is 0 Å². The molecule has 0 radical (unpaired) electrons. The number of amides is 2. The van der Waals surface area contributed by atoms with Gasteiger partial charge in [-0.2, -0.15) is 0 Å². The molecule has 0 aliphatic rings. The van der Waals surface area contributed by atoms with Crippen molar-refractivity contribution in [2.24, 2.45) is 11.5 Å². The Balaban J connectivity index is 3.26. The molecule has 0 heterocycles. The number of aryl methyl sites for hydroxylation is 1. The summed E-state index contributed by atoms with van der Waals surface area (Å²) in [5, 5.41) is 18.2. The van der Waals surface area contributed by atoms with Crippen LogP contribution in [-0.4, -0.2) is 34.0 Å². The number of carboxylic acids is 2. The van der Waals surface area contributed by atoms with Crippen LogP contribution in [0.15, 0.2) is 18.2 Å². The fraction of sp³-hybridized carbons (Fsp3) is 0.0667. The molecule has 23 heavy (non-hydrogen) atoms. The van der Waals surface area contributed by atoms with Gasteiger partial charge in [0.1, 0.15) is 0 Å². The van der Waals surface area contributed by atoms with Crippen LogP contribution in [0.25, 0.3) is 10.8 Å². The fourth-order valence-electron chi connectivity index (χ4n) is 2.57. The van der Waals surface area contributed by atoms with Gasteiger partial charge in [-0.05, 0) is 30.7 Å². The molecule has 0 fully saturated rings. The maximum atomic E-state index is 11.7. The predicted octanol–water partition coefficient (Wildman–Crippen LogP) is 0.742. The van der Waals surface area contributed by atoms with Gasteiger partial charge >= 0.3 is 11.9 Å². The number of carboxylic acid groups (broad SMARTS) is 2. The summed E-state index contributed by atoms with van der Waals surface area (Å²) in [6.07, 6.45) is 0. The number of rotatable bonds is 4. The van der Waals surface area contributed by atoms with Gasteiger partial charge in [-0.1, -0.05) is 0 Å². The van der Waals surface area contributed by atoms with Crippen LogP contribution in [-0.2, 0) is 0 Å². The van der Waals surface area contributed by atoms with Crippen LogP contribution in [0.1, 0.15) is 47.0 Å². The Labute approximate surface area is 129 Å². The lowest BCUT2D eigenvalue weighted by Crippen LogP contribution is -2.20. The van der Waals surface area contributed by atoms with Crippen LogP contribution in [0.3, 0.4) is 0 Å². The van der Waals surface area contributed by atoms with E-state index in [4.69, 9.17) is 11.5 Å². The molecule has 8 nitrogen and oxygen atoms in total. The van der Waals surface area contributed by atoms with Crippen molar-refractivity contribution in [3.05, 3.63) is 46.0 Å². The van der Waals surface area contributed by atoms with Crippen LogP contribution in [0.4, 0.5) is 0 Å². The second-order valence-corrected chi connectivity index (χ2v) is 4.87. The number of primary amides is 2. The van der Waals surface area contributed by atoms with Crippen molar-refractivity contribution in [3.8, 4) is 0 Å². The van der Waals surface area contributed by atoms with E-state index in [1.807, 2.05) is 0 Å². The molecule has 0 spiro atoms. The van der Waals surface area contributed by atoms with Gasteiger partial charge in [0.05, 0.1) is 16.7 Å². The number of carbonyl (C=O) groups is 4. The average Bonchev–Trinajstić information content (AvgIpc) is 2.43. The first-order valence-corrected chi connectivity index (χ1v) is 6.33. The molecular formula is C15H12N2O6. The highest BCUT2D eigenvalue weighted by Crippen LogP contribution is 2.32. The number of hydrogen-bond acceptors (Lipinski definition) is 4. The summed E-state index contributed by atoms with van der Waals surface area (Å²) in [6.45, 7) is 1.45. The molecule has 2 aromatic carbocycles. The maximum Gasteiger partial charge on any atom is 0.336 e. The average molecular weight is 316 g/mol. The molecule has 118 valence electrons. The molecule has 2 amide bonds. The molecule has 2 rings (SSSR count). The molecule has 0 bridgehead atoms. The van der Waals surface area contributed by atoms with Crippen molar-refractivity contribution >= 4 is 34.5 Å². The Morgan fingerprint density at radius 2 is 1.30 bits per heavy atom. The van der Waals surface area contributed by atoms with Gasteiger partial charge in [0, 0.05) is 16.3 Å². The Morgan fingerprint density at radius 1 is 0.826 bits per heavy atom. The third kappa shape index (κ3) is 2.46. The van der Waals surface area contributed by atoms with Gasteiger partial charge in [0.25, 0.3) is 0 Å². The molecular weight excluding hydrogens is 304 g/mol. The van der Waals surface area contributed by atoms with Gasteiger partial charge in [-0.25, -0.2) is 9.59 Å². The number of aromatic carboxylic acids is 2. The number of carbonyl (C=O) groups excluding carboxylic acids is 2. The van der Waals surface area contributed by atoms with Crippen molar-refractivity contribution in [2.45, 2.75) is 6.92 Å².